The quantitative estimate of drug-likeness (QED) is 0.619. The molecule has 1 aliphatic rings. The SMILES string of the molecule is CC1(C)CC(NC(=O)c2cnn(-c3ccc(Cl)cc3)c2)CC(C)(C)N1.O=C(O)C(F)(F)F. The standard InChI is InChI=1S/C19H25ClN4O.C2HF3O2/c1-18(2)9-15(10-19(3,4)23-18)22-17(25)13-11-21-24(12-13)16-7-5-14(20)6-8-16;3-2(4,5)1(6)7/h5-8,11-12,15,23H,9-10H2,1-4H3,(H,22,25);(H,6,7). The predicted molar refractivity (Wildman–Crippen MR) is 114 cm³/mol. The second kappa shape index (κ2) is 9.50. The Hall–Kier alpha value is -2.59. The molecular weight excluding hydrogens is 449 g/mol. The van der Waals surface area contributed by atoms with Crippen molar-refractivity contribution >= 4 is 23.5 Å². The van der Waals surface area contributed by atoms with Gasteiger partial charge in [0, 0.05) is 28.3 Å². The van der Waals surface area contributed by atoms with Crippen LogP contribution in [0.5, 0.6) is 0 Å². The first-order valence-corrected chi connectivity index (χ1v) is 10.2. The molecule has 7 nitrogen and oxygen atoms in total. The summed E-state index contributed by atoms with van der Waals surface area (Å²) >= 11 is 5.91. The lowest BCUT2D eigenvalue weighted by Crippen LogP contribution is -2.62. The van der Waals surface area contributed by atoms with E-state index in [-0.39, 0.29) is 23.0 Å². The van der Waals surface area contributed by atoms with Crippen LogP contribution in [0.1, 0.15) is 50.9 Å². The third-order valence-corrected chi connectivity index (χ3v) is 4.96. The van der Waals surface area contributed by atoms with Crippen LogP contribution in [0.3, 0.4) is 0 Å². The lowest BCUT2D eigenvalue weighted by atomic mass is 9.79. The van der Waals surface area contributed by atoms with Crippen LogP contribution in [0.25, 0.3) is 5.69 Å². The van der Waals surface area contributed by atoms with Gasteiger partial charge in [0.15, 0.2) is 0 Å². The number of benzene rings is 1. The molecule has 1 aromatic carbocycles. The van der Waals surface area contributed by atoms with E-state index in [1.165, 1.54) is 0 Å². The summed E-state index contributed by atoms with van der Waals surface area (Å²) in [6, 6.07) is 7.48. The maximum absolute atomic E-state index is 12.6. The van der Waals surface area contributed by atoms with Gasteiger partial charge in [0.1, 0.15) is 0 Å². The number of hydrogen-bond donors (Lipinski definition) is 3. The highest BCUT2D eigenvalue weighted by Gasteiger charge is 2.39. The summed E-state index contributed by atoms with van der Waals surface area (Å²) in [6.07, 6.45) is 0.0538. The average molecular weight is 475 g/mol. The first kappa shape index (κ1) is 25.7. The van der Waals surface area contributed by atoms with Gasteiger partial charge >= 0.3 is 12.1 Å². The molecule has 1 fully saturated rings. The summed E-state index contributed by atoms with van der Waals surface area (Å²) in [5.74, 6) is -2.84. The summed E-state index contributed by atoms with van der Waals surface area (Å²) in [6.45, 7) is 8.69. The van der Waals surface area contributed by atoms with Crippen LogP contribution in [0.4, 0.5) is 13.2 Å². The van der Waals surface area contributed by atoms with E-state index in [0.29, 0.717) is 10.6 Å². The number of carbonyl (C=O) groups is 2. The molecule has 11 heteroatoms. The van der Waals surface area contributed by atoms with Crippen LogP contribution in [0.2, 0.25) is 5.02 Å². The van der Waals surface area contributed by atoms with E-state index in [9.17, 15) is 18.0 Å². The van der Waals surface area contributed by atoms with Crippen molar-refractivity contribution in [3.05, 3.63) is 47.2 Å². The lowest BCUT2D eigenvalue weighted by Gasteiger charge is -2.46. The Morgan fingerprint density at radius 3 is 2.12 bits per heavy atom. The zero-order chi connectivity index (χ0) is 24.3. The minimum absolute atomic E-state index is 0.00676. The van der Waals surface area contributed by atoms with Gasteiger partial charge in [-0.25, -0.2) is 9.48 Å². The monoisotopic (exact) mass is 474 g/mol. The van der Waals surface area contributed by atoms with Crippen LogP contribution >= 0.6 is 11.6 Å². The highest BCUT2D eigenvalue weighted by Crippen LogP contribution is 2.28. The van der Waals surface area contributed by atoms with Crippen molar-refractivity contribution in [3.63, 3.8) is 0 Å². The number of carboxylic acids is 1. The minimum atomic E-state index is -5.08. The van der Waals surface area contributed by atoms with Crippen molar-refractivity contribution in [1.82, 2.24) is 20.4 Å². The molecule has 2 heterocycles. The van der Waals surface area contributed by atoms with Crippen molar-refractivity contribution < 1.29 is 27.9 Å². The molecule has 3 N–H and O–H groups in total. The first-order chi connectivity index (χ1) is 14.6. The maximum Gasteiger partial charge on any atom is 0.490 e. The number of halogens is 4. The number of hydrogen-bond acceptors (Lipinski definition) is 4. The molecule has 0 radical (unpaired) electrons. The Kier molecular flexibility index (Phi) is 7.62. The van der Waals surface area contributed by atoms with Gasteiger partial charge in [-0.3, -0.25) is 4.79 Å². The van der Waals surface area contributed by atoms with Crippen LogP contribution in [0, 0.1) is 0 Å². The van der Waals surface area contributed by atoms with Crippen molar-refractivity contribution in [2.75, 3.05) is 0 Å². The summed E-state index contributed by atoms with van der Waals surface area (Å²) in [5, 5.41) is 18.9. The van der Waals surface area contributed by atoms with E-state index < -0.39 is 12.1 Å². The molecule has 0 saturated carbocycles. The van der Waals surface area contributed by atoms with Crippen molar-refractivity contribution in [2.24, 2.45) is 0 Å². The number of piperidine rings is 1. The number of rotatable bonds is 3. The molecule has 0 bridgehead atoms. The molecule has 2 aromatic rings. The summed E-state index contributed by atoms with van der Waals surface area (Å²) in [7, 11) is 0. The van der Waals surface area contributed by atoms with Crippen LogP contribution in [-0.4, -0.2) is 50.1 Å². The van der Waals surface area contributed by atoms with Crippen molar-refractivity contribution in [2.45, 2.75) is 63.8 Å². The molecule has 0 spiro atoms. The fourth-order valence-corrected chi connectivity index (χ4v) is 3.99. The fourth-order valence-electron chi connectivity index (χ4n) is 3.87. The van der Waals surface area contributed by atoms with Gasteiger partial charge in [0.2, 0.25) is 0 Å². The van der Waals surface area contributed by atoms with Crippen LogP contribution in [-0.2, 0) is 4.79 Å². The summed E-state index contributed by atoms with van der Waals surface area (Å²) in [4.78, 5) is 21.5. The van der Waals surface area contributed by atoms with Crippen molar-refractivity contribution in [1.29, 1.82) is 0 Å². The Morgan fingerprint density at radius 1 is 1.16 bits per heavy atom. The van der Waals surface area contributed by atoms with E-state index in [0.717, 1.165) is 18.5 Å². The second-order valence-corrected chi connectivity index (χ2v) is 9.36. The molecule has 0 atom stereocenters. The minimum Gasteiger partial charge on any atom is -0.475 e. The third kappa shape index (κ3) is 7.52. The Morgan fingerprint density at radius 2 is 1.66 bits per heavy atom. The molecule has 176 valence electrons. The topological polar surface area (TPSA) is 96.3 Å². The van der Waals surface area contributed by atoms with Crippen LogP contribution in [0.15, 0.2) is 36.7 Å². The largest absolute Gasteiger partial charge is 0.490 e. The number of aliphatic carboxylic acids is 1. The smallest absolute Gasteiger partial charge is 0.475 e. The molecule has 1 amide bonds. The number of nitrogens with one attached hydrogen (secondary N) is 2. The van der Waals surface area contributed by atoms with Gasteiger partial charge < -0.3 is 15.7 Å². The Balaban J connectivity index is 0.000000451. The zero-order valence-electron chi connectivity index (χ0n) is 18.1. The zero-order valence-corrected chi connectivity index (χ0v) is 18.9. The van der Waals surface area contributed by atoms with Crippen molar-refractivity contribution in [3.8, 4) is 5.69 Å². The van der Waals surface area contributed by atoms with E-state index in [1.807, 2.05) is 12.1 Å². The van der Waals surface area contributed by atoms with Gasteiger partial charge in [-0.15, -0.1) is 0 Å². The molecule has 1 saturated heterocycles. The van der Waals surface area contributed by atoms with Gasteiger partial charge in [0.05, 0.1) is 17.4 Å². The molecule has 3 rings (SSSR count). The second-order valence-electron chi connectivity index (χ2n) is 8.92. The van der Waals surface area contributed by atoms with E-state index in [4.69, 9.17) is 21.5 Å². The Bertz CT molecular complexity index is 940. The third-order valence-electron chi connectivity index (χ3n) is 4.70. The van der Waals surface area contributed by atoms with E-state index >= 15 is 0 Å². The van der Waals surface area contributed by atoms with E-state index in [1.54, 1.807) is 29.2 Å². The van der Waals surface area contributed by atoms with Gasteiger partial charge in [-0.05, 0) is 64.8 Å². The highest BCUT2D eigenvalue weighted by molar-refractivity contribution is 6.30. The fraction of sp³-hybridized carbons (Fsp3) is 0.476. The number of carboxylic acid groups (broad SMARTS) is 1. The molecule has 32 heavy (non-hydrogen) atoms. The van der Waals surface area contributed by atoms with Gasteiger partial charge in [-0.1, -0.05) is 11.6 Å². The number of aromatic nitrogens is 2. The van der Waals surface area contributed by atoms with E-state index in [2.05, 4.69) is 43.4 Å². The summed E-state index contributed by atoms with van der Waals surface area (Å²) < 4.78 is 33.4. The molecule has 1 aliphatic heterocycles. The maximum atomic E-state index is 12.6. The summed E-state index contributed by atoms with van der Waals surface area (Å²) in [5.41, 5.74) is 1.41. The lowest BCUT2D eigenvalue weighted by molar-refractivity contribution is -0.192. The number of carbonyl (C=O) groups excluding carboxylic acids is 1. The highest BCUT2D eigenvalue weighted by atomic mass is 35.5. The molecular formula is C21H26ClF3N4O3. The molecule has 0 unspecified atom stereocenters. The van der Waals surface area contributed by atoms with Gasteiger partial charge in [0.25, 0.3) is 5.91 Å². The first-order valence-electron chi connectivity index (χ1n) is 9.79. The average Bonchev–Trinajstić information content (AvgIpc) is 3.09. The van der Waals surface area contributed by atoms with Gasteiger partial charge in [-0.2, -0.15) is 18.3 Å². The molecule has 0 aliphatic carbocycles. The predicted octanol–water partition coefficient (Wildman–Crippen LogP) is 4.20. The molecule has 1 aromatic heterocycles. The number of nitrogens with zero attached hydrogens (tertiary/aromatic N) is 2. The normalized spacial score (nSPS) is 17.8. The number of amides is 1. The number of alkyl halides is 3. The van der Waals surface area contributed by atoms with Crippen LogP contribution < -0.4 is 10.6 Å². The Labute approximate surface area is 188 Å².